The van der Waals surface area contributed by atoms with Crippen LogP contribution in [0.1, 0.15) is 65.2 Å². The molecule has 0 bridgehead atoms. The van der Waals surface area contributed by atoms with E-state index in [1.54, 1.807) is 0 Å². The van der Waals surface area contributed by atoms with Gasteiger partial charge in [0.1, 0.15) is 0 Å². The Balaban J connectivity index is 1.74. The van der Waals surface area contributed by atoms with E-state index in [1.165, 1.54) is 44.9 Å². The first-order valence-corrected chi connectivity index (χ1v) is 7.64. The smallest absolute Gasteiger partial charge is 0.0494 e. The van der Waals surface area contributed by atoms with Crippen molar-refractivity contribution in [2.75, 3.05) is 19.8 Å². The van der Waals surface area contributed by atoms with Gasteiger partial charge in [-0.15, -0.1) is 0 Å². The molecule has 0 amide bonds. The standard InChI is InChI=1S/C15H31NO/c1-3-4-5-6-8-14(2)16-11-7-12-17-13-15-9-10-15/h14-16H,3-13H2,1-2H3. The van der Waals surface area contributed by atoms with Gasteiger partial charge in [-0.1, -0.05) is 32.6 Å². The molecule has 0 saturated heterocycles. The van der Waals surface area contributed by atoms with Crippen molar-refractivity contribution in [1.29, 1.82) is 0 Å². The van der Waals surface area contributed by atoms with Gasteiger partial charge in [0.05, 0.1) is 0 Å². The first-order chi connectivity index (χ1) is 8.33. The fraction of sp³-hybridized carbons (Fsp3) is 1.00. The Morgan fingerprint density at radius 1 is 1.18 bits per heavy atom. The van der Waals surface area contributed by atoms with Crippen LogP contribution in [-0.4, -0.2) is 25.8 Å². The zero-order valence-electron chi connectivity index (χ0n) is 11.8. The Labute approximate surface area is 108 Å². The van der Waals surface area contributed by atoms with E-state index in [4.69, 9.17) is 4.74 Å². The number of unbranched alkanes of at least 4 members (excludes halogenated alkanes) is 3. The molecule has 1 aliphatic carbocycles. The third-order valence-electron chi connectivity index (χ3n) is 3.50. The van der Waals surface area contributed by atoms with Crippen LogP contribution in [0.4, 0.5) is 0 Å². The van der Waals surface area contributed by atoms with E-state index in [9.17, 15) is 0 Å². The minimum Gasteiger partial charge on any atom is -0.381 e. The van der Waals surface area contributed by atoms with E-state index in [-0.39, 0.29) is 0 Å². The van der Waals surface area contributed by atoms with Crippen molar-refractivity contribution >= 4 is 0 Å². The Kier molecular flexibility index (Phi) is 8.72. The summed E-state index contributed by atoms with van der Waals surface area (Å²) in [6, 6.07) is 0.676. The molecule has 2 heteroatoms. The summed E-state index contributed by atoms with van der Waals surface area (Å²) in [4.78, 5) is 0. The van der Waals surface area contributed by atoms with Gasteiger partial charge in [-0.2, -0.15) is 0 Å². The van der Waals surface area contributed by atoms with Gasteiger partial charge in [-0.3, -0.25) is 0 Å². The van der Waals surface area contributed by atoms with Gasteiger partial charge in [0.25, 0.3) is 0 Å². The second-order valence-electron chi connectivity index (χ2n) is 5.58. The lowest BCUT2D eigenvalue weighted by Gasteiger charge is -2.13. The first kappa shape index (κ1) is 15.0. The van der Waals surface area contributed by atoms with E-state index < -0.39 is 0 Å². The molecular formula is C15H31NO. The van der Waals surface area contributed by atoms with Gasteiger partial charge in [-0.05, 0) is 45.1 Å². The maximum Gasteiger partial charge on any atom is 0.0494 e. The Morgan fingerprint density at radius 3 is 2.71 bits per heavy atom. The molecule has 0 aromatic heterocycles. The number of nitrogens with one attached hydrogen (secondary N) is 1. The number of hydrogen-bond acceptors (Lipinski definition) is 2. The SMILES string of the molecule is CCCCCCC(C)NCCCOCC1CC1. The van der Waals surface area contributed by atoms with Gasteiger partial charge in [0, 0.05) is 19.3 Å². The van der Waals surface area contributed by atoms with Crippen molar-refractivity contribution in [3.63, 3.8) is 0 Å². The van der Waals surface area contributed by atoms with Crippen LogP contribution >= 0.6 is 0 Å². The zero-order valence-corrected chi connectivity index (χ0v) is 11.8. The second kappa shape index (κ2) is 9.90. The van der Waals surface area contributed by atoms with Crippen LogP contribution in [0.25, 0.3) is 0 Å². The van der Waals surface area contributed by atoms with Crippen molar-refractivity contribution in [3.8, 4) is 0 Å². The van der Waals surface area contributed by atoms with Crippen molar-refractivity contribution in [3.05, 3.63) is 0 Å². The Bertz CT molecular complexity index is 168. The van der Waals surface area contributed by atoms with Crippen LogP contribution in [0.3, 0.4) is 0 Å². The molecule has 1 fully saturated rings. The highest BCUT2D eigenvalue weighted by atomic mass is 16.5. The third-order valence-corrected chi connectivity index (χ3v) is 3.50. The predicted molar refractivity (Wildman–Crippen MR) is 74.4 cm³/mol. The molecule has 0 aromatic carbocycles. The quantitative estimate of drug-likeness (QED) is 0.525. The van der Waals surface area contributed by atoms with Gasteiger partial charge in [0.2, 0.25) is 0 Å². The molecule has 1 aliphatic rings. The highest BCUT2D eigenvalue weighted by Gasteiger charge is 2.20. The fourth-order valence-corrected chi connectivity index (χ4v) is 2.04. The van der Waals surface area contributed by atoms with Crippen molar-refractivity contribution < 1.29 is 4.74 Å². The fourth-order valence-electron chi connectivity index (χ4n) is 2.04. The van der Waals surface area contributed by atoms with Crippen LogP contribution in [-0.2, 0) is 4.74 Å². The van der Waals surface area contributed by atoms with E-state index in [0.29, 0.717) is 6.04 Å². The summed E-state index contributed by atoms with van der Waals surface area (Å²) in [5, 5.41) is 3.58. The van der Waals surface area contributed by atoms with E-state index in [1.807, 2.05) is 0 Å². The van der Waals surface area contributed by atoms with Crippen molar-refractivity contribution in [1.82, 2.24) is 5.32 Å². The molecule has 0 aliphatic heterocycles. The maximum absolute atomic E-state index is 5.61. The molecule has 0 heterocycles. The monoisotopic (exact) mass is 241 g/mol. The summed E-state index contributed by atoms with van der Waals surface area (Å²) in [5.74, 6) is 0.903. The maximum atomic E-state index is 5.61. The topological polar surface area (TPSA) is 21.3 Å². The number of ether oxygens (including phenoxy) is 1. The van der Waals surface area contributed by atoms with Crippen molar-refractivity contribution in [2.24, 2.45) is 5.92 Å². The lowest BCUT2D eigenvalue weighted by Crippen LogP contribution is -2.27. The summed E-state index contributed by atoms with van der Waals surface area (Å²) in [7, 11) is 0. The van der Waals surface area contributed by atoms with E-state index in [0.717, 1.165) is 32.1 Å². The average molecular weight is 241 g/mol. The zero-order chi connectivity index (χ0) is 12.3. The summed E-state index contributed by atoms with van der Waals surface area (Å²) in [6.07, 6.45) is 10.8. The molecule has 0 radical (unpaired) electrons. The number of rotatable bonds is 12. The average Bonchev–Trinajstić information content (AvgIpc) is 3.13. The van der Waals surface area contributed by atoms with Crippen LogP contribution in [0, 0.1) is 5.92 Å². The Morgan fingerprint density at radius 2 is 2.00 bits per heavy atom. The van der Waals surface area contributed by atoms with Gasteiger partial charge >= 0.3 is 0 Å². The minimum atomic E-state index is 0.676. The van der Waals surface area contributed by atoms with Crippen LogP contribution in [0.15, 0.2) is 0 Å². The van der Waals surface area contributed by atoms with Gasteiger partial charge in [0.15, 0.2) is 0 Å². The lowest BCUT2D eigenvalue weighted by atomic mass is 10.1. The summed E-state index contributed by atoms with van der Waals surface area (Å²) in [5.41, 5.74) is 0. The van der Waals surface area contributed by atoms with Crippen LogP contribution in [0.5, 0.6) is 0 Å². The molecule has 1 rings (SSSR count). The molecule has 1 saturated carbocycles. The summed E-state index contributed by atoms with van der Waals surface area (Å²) >= 11 is 0. The second-order valence-corrected chi connectivity index (χ2v) is 5.58. The lowest BCUT2D eigenvalue weighted by molar-refractivity contribution is 0.121. The van der Waals surface area contributed by atoms with Crippen LogP contribution in [0.2, 0.25) is 0 Å². The highest BCUT2D eigenvalue weighted by molar-refractivity contribution is 4.71. The van der Waals surface area contributed by atoms with Crippen LogP contribution < -0.4 is 5.32 Å². The predicted octanol–water partition coefficient (Wildman–Crippen LogP) is 3.75. The molecule has 17 heavy (non-hydrogen) atoms. The van der Waals surface area contributed by atoms with Gasteiger partial charge < -0.3 is 10.1 Å². The molecular weight excluding hydrogens is 210 g/mol. The number of hydrogen-bond donors (Lipinski definition) is 1. The largest absolute Gasteiger partial charge is 0.381 e. The highest BCUT2D eigenvalue weighted by Crippen LogP contribution is 2.28. The summed E-state index contributed by atoms with van der Waals surface area (Å²) < 4.78 is 5.61. The van der Waals surface area contributed by atoms with E-state index in [2.05, 4.69) is 19.2 Å². The normalized spacial score (nSPS) is 17.3. The summed E-state index contributed by atoms with van der Waals surface area (Å²) in [6.45, 7) is 7.62. The molecule has 0 aromatic rings. The Hall–Kier alpha value is -0.0800. The first-order valence-electron chi connectivity index (χ1n) is 7.64. The molecule has 102 valence electrons. The van der Waals surface area contributed by atoms with Gasteiger partial charge in [-0.25, -0.2) is 0 Å². The molecule has 2 nitrogen and oxygen atoms in total. The van der Waals surface area contributed by atoms with Crippen molar-refractivity contribution in [2.45, 2.75) is 71.3 Å². The minimum absolute atomic E-state index is 0.676. The molecule has 0 spiro atoms. The third kappa shape index (κ3) is 9.61. The molecule has 1 N–H and O–H groups in total. The van der Waals surface area contributed by atoms with E-state index >= 15 is 0 Å². The molecule has 1 unspecified atom stereocenters. The molecule has 1 atom stereocenters.